The number of ether oxygens (including phenoxy) is 1. The van der Waals surface area contributed by atoms with E-state index < -0.39 is 0 Å². The normalized spacial score (nSPS) is 18.2. The summed E-state index contributed by atoms with van der Waals surface area (Å²) in [5.41, 5.74) is 1.16. The highest BCUT2D eigenvalue weighted by Crippen LogP contribution is 2.25. The van der Waals surface area contributed by atoms with Gasteiger partial charge in [0.15, 0.2) is 0 Å². The molecule has 0 aliphatic heterocycles. The summed E-state index contributed by atoms with van der Waals surface area (Å²) in [6, 6.07) is 8.17. The lowest BCUT2D eigenvalue weighted by atomic mass is 9.90. The zero-order chi connectivity index (χ0) is 13.5. The van der Waals surface area contributed by atoms with Gasteiger partial charge in [0.05, 0.1) is 12.7 Å². The molecule has 1 aromatic carbocycles. The van der Waals surface area contributed by atoms with Crippen LogP contribution < -0.4 is 4.74 Å². The minimum Gasteiger partial charge on any atom is -0.493 e. The van der Waals surface area contributed by atoms with Gasteiger partial charge in [-0.05, 0) is 49.3 Å². The van der Waals surface area contributed by atoms with Crippen LogP contribution in [0.5, 0.6) is 5.75 Å². The molecule has 1 aliphatic carbocycles. The average Bonchev–Trinajstić information content (AvgIpc) is 2.46. The lowest BCUT2D eigenvalue weighted by molar-refractivity contribution is 0.170. The molecule has 0 heterocycles. The Hall–Kier alpha value is -1.02. The summed E-state index contributed by atoms with van der Waals surface area (Å²) >= 11 is 0. The van der Waals surface area contributed by atoms with Gasteiger partial charge in [0.25, 0.3) is 0 Å². The molecule has 1 aliphatic rings. The van der Waals surface area contributed by atoms with Gasteiger partial charge in [0.2, 0.25) is 0 Å². The average molecular weight is 262 g/mol. The van der Waals surface area contributed by atoms with E-state index in [4.69, 9.17) is 4.74 Å². The van der Waals surface area contributed by atoms with Crippen molar-refractivity contribution < 1.29 is 9.84 Å². The van der Waals surface area contributed by atoms with E-state index >= 15 is 0 Å². The third kappa shape index (κ3) is 4.87. The Kier molecular flexibility index (Phi) is 5.71. The van der Waals surface area contributed by atoms with E-state index in [0.29, 0.717) is 0 Å². The molecule has 0 saturated heterocycles. The van der Waals surface area contributed by atoms with Crippen molar-refractivity contribution in [1.82, 2.24) is 0 Å². The van der Waals surface area contributed by atoms with E-state index in [2.05, 4.69) is 12.1 Å². The van der Waals surface area contributed by atoms with Gasteiger partial charge < -0.3 is 9.84 Å². The standard InChI is InChI=1S/C17H26O2/c1-2-16(18)11-15-9-6-10-17(12-15)19-13-14-7-4-3-5-8-14/h6,9-10,12,14,16,18H,2-5,7-8,11,13H2,1H3. The molecule has 1 unspecified atom stereocenters. The van der Waals surface area contributed by atoms with Crippen LogP contribution in [0.25, 0.3) is 0 Å². The minimum absolute atomic E-state index is 0.242. The van der Waals surface area contributed by atoms with Crippen LogP contribution in [0, 0.1) is 5.92 Å². The topological polar surface area (TPSA) is 29.5 Å². The van der Waals surface area contributed by atoms with Crippen molar-refractivity contribution in [2.45, 2.75) is 58.0 Å². The summed E-state index contributed by atoms with van der Waals surface area (Å²) in [7, 11) is 0. The number of aliphatic hydroxyl groups is 1. The highest BCUT2D eigenvalue weighted by molar-refractivity contribution is 5.28. The first-order valence-corrected chi connectivity index (χ1v) is 7.67. The zero-order valence-corrected chi connectivity index (χ0v) is 12.0. The first kappa shape index (κ1) is 14.4. The maximum Gasteiger partial charge on any atom is 0.119 e. The Bertz CT molecular complexity index is 369. The van der Waals surface area contributed by atoms with E-state index in [1.54, 1.807) is 0 Å². The van der Waals surface area contributed by atoms with Crippen LogP contribution in [0.15, 0.2) is 24.3 Å². The van der Waals surface area contributed by atoms with Gasteiger partial charge in [-0.2, -0.15) is 0 Å². The summed E-state index contributed by atoms with van der Waals surface area (Å²) in [5.74, 6) is 1.69. The van der Waals surface area contributed by atoms with Gasteiger partial charge in [-0.1, -0.05) is 38.3 Å². The monoisotopic (exact) mass is 262 g/mol. The van der Waals surface area contributed by atoms with E-state index in [0.717, 1.165) is 36.7 Å². The van der Waals surface area contributed by atoms with E-state index in [-0.39, 0.29) is 6.10 Å². The molecule has 0 amide bonds. The van der Waals surface area contributed by atoms with Gasteiger partial charge in [0, 0.05) is 0 Å². The summed E-state index contributed by atoms with van der Waals surface area (Å²) in [6.45, 7) is 2.86. The van der Waals surface area contributed by atoms with Crippen molar-refractivity contribution in [2.24, 2.45) is 5.92 Å². The smallest absolute Gasteiger partial charge is 0.119 e. The van der Waals surface area contributed by atoms with Crippen LogP contribution >= 0.6 is 0 Å². The zero-order valence-electron chi connectivity index (χ0n) is 12.0. The third-order valence-corrected chi connectivity index (χ3v) is 4.05. The maximum atomic E-state index is 9.70. The molecule has 106 valence electrons. The SMILES string of the molecule is CCC(O)Cc1cccc(OCC2CCCCC2)c1. The molecular weight excluding hydrogens is 236 g/mol. The Morgan fingerprint density at radius 3 is 2.79 bits per heavy atom. The lowest BCUT2D eigenvalue weighted by Crippen LogP contribution is -2.15. The molecule has 0 aromatic heterocycles. The second-order valence-electron chi connectivity index (χ2n) is 5.73. The molecule has 19 heavy (non-hydrogen) atoms. The van der Waals surface area contributed by atoms with Crippen LogP contribution in [-0.2, 0) is 6.42 Å². The second-order valence-corrected chi connectivity index (χ2v) is 5.73. The number of benzene rings is 1. The molecule has 2 rings (SSSR count). The Morgan fingerprint density at radius 1 is 1.26 bits per heavy atom. The Morgan fingerprint density at radius 2 is 2.05 bits per heavy atom. The predicted octanol–water partition coefficient (Wildman–Crippen LogP) is 3.96. The number of rotatable bonds is 6. The summed E-state index contributed by atoms with van der Waals surface area (Å²) in [5, 5.41) is 9.70. The molecule has 0 spiro atoms. The van der Waals surface area contributed by atoms with Gasteiger partial charge in [-0.15, -0.1) is 0 Å². The van der Waals surface area contributed by atoms with E-state index in [9.17, 15) is 5.11 Å². The minimum atomic E-state index is -0.242. The Balaban J connectivity index is 1.84. The summed E-state index contributed by atoms with van der Waals surface area (Å²) in [4.78, 5) is 0. The molecule has 1 N–H and O–H groups in total. The highest BCUT2D eigenvalue weighted by atomic mass is 16.5. The fraction of sp³-hybridized carbons (Fsp3) is 0.647. The molecule has 0 bridgehead atoms. The summed E-state index contributed by atoms with van der Waals surface area (Å²) < 4.78 is 5.92. The molecule has 0 radical (unpaired) electrons. The molecule has 1 aromatic rings. The predicted molar refractivity (Wildman–Crippen MR) is 78.5 cm³/mol. The van der Waals surface area contributed by atoms with Crippen LogP contribution in [0.4, 0.5) is 0 Å². The van der Waals surface area contributed by atoms with Crippen molar-refractivity contribution in [3.63, 3.8) is 0 Å². The maximum absolute atomic E-state index is 9.70. The first-order valence-electron chi connectivity index (χ1n) is 7.67. The fourth-order valence-corrected chi connectivity index (χ4v) is 2.75. The molecule has 1 saturated carbocycles. The number of hydrogen-bond donors (Lipinski definition) is 1. The highest BCUT2D eigenvalue weighted by Gasteiger charge is 2.14. The lowest BCUT2D eigenvalue weighted by Gasteiger charge is -2.21. The number of aliphatic hydroxyl groups excluding tert-OH is 1. The number of hydrogen-bond acceptors (Lipinski definition) is 2. The third-order valence-electron chi connectivity index (χ3n) is 4.05. The van der Waals surface area contributed by atoms with Crippen LogP contribution in [0.1, 0.15) is 51.0 Å². The van der Waals surface area contributed by atoms with Crippen LogP contribution in [0.2, 0.25) is 0 Å². The van der Waals surface area contributed by atoms with Gasteiger partial charge in [0.1, 0.15) is 5.75 Å². The van der Waals surface area contributed by atoms with Gasteiger partial charge in [-0.3, -0.25) is 0 Å². The van der Waals surface area contributed by atoms with Gasteiger partial charge in [-0.25, -0.2) is 0 Å². The molecular formula is C17H26O2. The van der Waals surface area contributed by atoms with Crippen molar-refractivity contribution in [1.29, 1.82) is 0 Å². The quantitative estimate of drug-likeness (QED) is 0.841. The van der Waals surface area contributed by atoms with E-state index in [1.165, 1.54) is 32.1 Å². The summed E-state index contributed by atoms with van der Waals surface area (Å²) in [6.07, 6.45) is 8.01. The van der Waals surface area contributed by atoms with Crippen molar-refractivity contribution in [2.75, 3.05) is 6.61 Å². The molecule has 2 heteroatoms. The van der Waals surface area contributed by atoms with E-state index in [1.807, 2.05) is 19.1 Å². The van der Waals surface area contributed by atoms with Crippen molar-refractivity contribution in [3.05, 3.63) is 29.8 Å². The van der Waals surface area contributed by atoms with Crippen LogP contribution in [-0.4, -0.2) is 17.8 Å². The fourth-order valence-electron chi connectivity index (χ4n) is 2.75. The largest absolute Gasteiger partial charge is 0.493 e. The van der Waals surface area contributed by atoms with Gasteiger partial charge >= 0.3 is 0 Å². The molecule has 2 nitrogen and oxygen atoms in total. The second kappa shape index (κ2) is 7.54. The van der Waals surface area contributed by atoms with Crippen LogP contribution in [0.3, 0.4) is 0 Å². The molecule has 1 fully saturated rings. The van der Waals surface area contributed by atoms with Crippen molar-refractivity contribution >= 4 is 0 Å². The van der Waals surface area contributed by atoms with Crippen molar-refractivity contribution in [3.8, 4) is 5.75 Å². The molecule has 1 atom stereocenters. The first-order chi connectivity index (χ1) is 9.28. The Labute approximate surface area is 116 Å².